The van der Waals surface area contributed by atoms with Gasteiger partial charge in [-0.2, -0.15) is 0 Å². The Balaban J connectivity index is 1.31. The van der Waals surface area contributed by atoms with Crippen molar-refractivity contribution in [1.29, 1.82) is 0 Å². The van der Waals surface area contributed by atoms with E-state index in [1.54, 1.807) is 24.3 Å². The molecule has 4 rings (SSSR count). The number of hydrogen-bond donors (Lipinski definition) is 4. The number of ether oxygens (including phenoxy) is 1. The Labute approximate surface area is 187 Å². The zero-order valence-electron chi connectivity index (χ0n) is 17.6. The fraction of sp³-hybridized carbons (Fsp3) is 0.269. The molecule has 2 unspecified atom stereocenters. The summed E-state index contributed by atoms with van der Waals surface area (Å²) in [5.74, 6) is -0.0406. The Hall–Kier alpha value is -3.19. The highest BCUT2D eigenvalue weighted by Crippen LogP contribution is 2.44. The van der Waals surface area contributed by atoms with Gasteiger partial charge in [0.15, 0.2) is 0 Å². The maximum atomic E-state index is 12.3. The third kappa shape index (κ3) is 4.67. The van der Waals surface area contributed by atoms with Gasteiger partial charge in [0, 0.05) is 19.1 Å². The van der Waals surface area contributed by atoms with Crippen LogP contribution >= 0.6 is 0 Å². The van der Waals surface area contributed by atoms with Gasteiger partial charge in [-0.25, -0.2) is 4.79 Å². The average molecular weight is 434 g/mol. The van der Waals surface area contributed by atoms with E-state index in [2.05, 4.69) is 17.4 Å². The van der Waals surface area contributed by atoms with Gasteiger partial charge < -0.3 is 25.4 Å². The van der Waals surface area contributed by atoms with Crippen LogP contribution in [0, 0.1) is 0 Å². The second-order valence-corrected chi connectivity index (χ2v) is 7.93. The van der Waals surface area contributed by atoms with E-state index < -0.39 is 18.3 Å². The SMILES string of the molecule is O=C(NCC(O)C(O)c1ccc(CCO)cc1)OCC1c2ccccc2-c2ccccc21. The molecule has 1 aliphatic carbocycles. The third-order valence-electron chi connectivity index (χ3n) is 5.89. The molecule has 166 valence electrons. The van der Waals surface area contributed by atoms with E-state index in [9.17, 15) is 15.0 Å². The molecule has 0 saturated carbocycles. The normalized spacial score (nSPS) is 14.3. The summed E-state index contributed by atoms with van der Waals surface area (Å²) in [5.41, 5.74) is 6.03. The second kappa shape index (κ2) is 9.96. The fourth-order valence-electron chi connectivity index (χ4n) is 4.18. The van der Waals surface area contributed by atoms with Crippen molar-refractivity contribution in [2.75, 3.05) is 19.8 Å². The number of benzene rings is 3. The van der Waals surface area contributed by atoms with E-state index in [-0.39, 0.29) is 25.7 Å². The first-order valence-corrected chi connectivity index (χ1v) is 10.7. The minimum absolute atomic E-state index is 0.0406. The molecule has 0 saturated heterocycles. The summed E-state index contributed by atoms with van der Waals surface area (Å²) in [5, 5.41) is 32.1. The van der Waals surface area contributed by atoms with Gasteiger partial charge in [0.05, 0.1) is 0 Å². The quantitative estimate of drug-likeness (QED) is 0.437. The summed E-state index contributed by atoms with van der Waals surface area (Å²) < 4.78 is 5.45. The van der Waals surface area contributed by atoms with Crippen LogP contribution in [0.25, 0.3) is 11.1 Å². The number of rotatable bonds is 8. The highest BCUT2D eigenvalue weighted by molar-refractivity contribution is 5.79. The van der Waals surface area contributed by atoms with E-state index in [0.29, 0.717) is 12.0 Å². The highest BCUT2D eigenvalue weighted by atomic mass is 16.5. The van der Waals surface area contributed by atoms with Crippen LogP contribution < -0.4 is 5.32 Å². The monoisotopic (exact) mass is 433 g/mol. The maximum absolute atomic E-state index is 12.3. The maximum Gasteiger partial charge on any atom is 0.407 e. The minimum Gasteiger partial charge on any atom is -0.449 e. The highest BCUT2D eigenvalue weighted by Gasteiger charge is 2.29. The second-order valence-electron chi connectivity index (χ2n) is 7.93. The zero-order chi connectivity index (χ0) is 22.5. The van der Waals surface area contributed by atoms with Crippen molar-refractivity contribution < 1.29 is 24.9 Å². The van der Waals surface area contributed by atoms with Crippen molar-refractivity contribution in [3.05, 3.63) is 95.1 Å². The molecule has 0 spiro atoms. The fourth-order valence-corrected chi connectivity index (χ4v) is 4.18. The van der Waals surface area contributed by atoms with Crippen LogP contribution in [-0.2, 0) is 11.2 Å². The molecule has 0 fully saturated rings. The first-order chi connectivity index (χ1) is 15.6. The average Bonchev–Trinajstić information content (AvgIpc) is 3.15. The molecule has 3 aromatic rings. The molecule has 0 radical (unpaired) electrons. The van der Waals surface area contributed by atoms with Crippen molar-refractivity contribution in [3.63, 3.8) is 0 Å². The van der Waals surface area contributed by atoms with Gasteiger partial charge in [0.2, 0.25) is 0 Å². The molecule has 6 heteroatoms. The van der Waals surface area contributed by atoms with Crippen LogP contribution in [0.1, 0.15) is 34.3 Å². The smallest absolute Gasteiger partial charge is 0.407 e. The number of aliphatic hydroxyl groups is 3. The van der Waals surface area contributed by atoms with E-state index in [1.165, 1.54) is 0 Å². The number of carbonyl (C=O) groups is 1. The number of carbonyl (C=O) groups excluding carboxylic acids is 1. The molecular formula is C26H27NO5. The Morgan fingerprint density at radius 2 is 1.50 bits per heavy atom. The van der Waals surface area contributed by atoms with E-state index in [4.69, 9.17) is 9.84 Å². The predicted octanol–water partition coefficient (Wildman–Crippen LogP) is 3.15. The predicted molar refractivity (Wildman–Crippen MR) is 121 cm³/mol. The molecule has 1 amide bonds. The van der Waals surface area contributed by atoms with Crippen LogP contribution in [0.4, 0.5) is 4.79 Å². The molecule has 4 N–H and O–H groups in total. The Bertz CT molecular complexity index is 1020. The number of fused-ring (bicyclic) bond motifs is 3. The van der Waals surface area contributed by atoms with Gasteiger partial charge in [0.25, 0.3) is 0 Å². The van der Waals surface area contributed by atoms with Gasteiger partial charge in [0.1, 0.15) is 18.8 Å². The molecule has 0 aromatic heterocycles. The lowest BCUT2D eigenvalue weighted by Crippen LogP contribution is -2.36. The number of amides is 1. The van der Waals surface area contributed by atoms with Crippen LogP contribution in [0.5, 0.6) is 0 Å². The summed E-state index contributed by atoms with van der Waals surface area (Å²) >= 11 is 0. The van der Waals surface area contributed by atoms with Gasteiger partial charge in [-0.3, -0.25) is 0 Å². The van der Waals surface area contributed by atoms with E-state index in [0.717, 1.165) is 27.8 Å². The summed E-state index contributed by atoms with van der Waals surface area (Å²) in [6, 6.07) is 23.2. The lowest BCUT2D eigenvalue weighted by Gasteiger charge is -2.19. The van der Waals surface area contributed by atoms with Gasteiger partial charge in [-0.05, 0) is 39.8 Å². The molecule has 0 aliphatic heterocycles. The summed E-state index contributed by atoms with van der Waals surface area (Å²) in [6.07, 6.45) is -2.44. The minimum atomic E-state index is -1.18. The summed E-state index contributed by atoms with van der Waals surface area (Å²) in [6.45, 7) is 0.0929. The molecule has 2 atom stereocenters. The number of nitrogens with one attached hydrogen (secondary N) is 1. The first kappa shape index (κ1) is 22.0. The molecule has 3 aromatic carbocycles. The Morgan fingerprint density at radius 3 is 2.09 bits per heavy atom. The Morgan fingerprint density at radius 1 is 0.906 bits per heavy atom. The topological polar surface area (TPSA) is 99.0 Å². The van der Waals surface area contributed by atoms with Crippen molar-refractivity contribution in [2.45, 2.75) is 24.5 Å². The number of hydrogen-bond acceptors (Lipinski definition) is 5. The van der Waals surface area contributed by atoms with E-state index >= 15 is 0 Å². The van der Waals surface area contributed by atoms with E-state index in [1.807, 2.05) is 36.4 Å². The number of aliphatic hydroxyl groups excluding tert-OH is 3. The molecular weight excluding hydrogens is 406 g/mol. The van der Waals surface area contributed by atoms with Crippen molar-refractivity contribution in [1.82, 2.24) is 5.32 Å². The lowest BCUT2D eigenvalue weighted by molar-refractivity contribution is 0.0185. The molecule has 0 heterocycles. The molecule has 1 aliphatic rings. The van der Waals surface area contributed by atoms with Gasteiger partial charge >= 0.3 is 6.09 Å². The van der Waals surface area contributed by atoms with Crippen molar-refractivity contribution in [2.24, 2.45) is 0 Å². The van der Waals surface area contributed by atoms with Crippen LogP contribution in [0.3, 0.4) is 0 Å². The van der Waals surface area contributed by atoms with Crippen molar-refractivity contribution in [3.8, 4) is 11.1 Å². The summed E-state index contributed by atoms with van der Waals surface area (Å²) in [4.78, 5) is 12.3. The Kier molecular flexibility index (Phi) is 6.85. The third-order valence-corrected chi connectivity index (χ3v) is 5.89. The molecule has 32 heavy (non-hydrogen) atoms. The lowest BCUT2D eigenvalue weighted by atomic mass is 9.98. The standard InChI is InChI=1S/C26H27NO5/c28-14-13-17-9-11-18(12-10-17)25(30)24(29)15-27-26(31)32-16-23-21-7-3-1-5-19(21)20-6-2-4-8-22(20)23/h1-12,23-25,28-30H,13-16H2,(H,27,31). The van der Waals surface area contributed by atoms with Crippen molar-refractivity contribution >= 4 is 6.09 Å². The number of alkyl carbamates (subject to hydrolysis) is 1. The largest absolute Gasteiger partial charge is 0.449 e. The van der Waals surface area contributed by atoms with Crippen LogP contribution in [-0.4, -0.2) is 47.3 Å². The molecule has 6 nitrogen and oxygen atoms in total. The first-order valence-electron chi connectivity index (χ1n) is 10.7. The molecule has 0 bridgehead atoms. The van der Waals surface area contributed by atoms with Gasteiger partial charge in [-0.1, -0.05) is 72.8 Å². The summed E-state index contributed by atoms with van der Waals surface area (Å²) in [7, 11) is 0. The van der Waals surface area contributed by atoms with Crippen LogP contribution in [0.2, 0.25) is 0 Å². The zero-order valence-corrected chi connectivity index (χ0v) is 17.6. The van der Waals surface area contributed by atoms with Gasteiger partial charge in [-0.15, -0.1) is 0 Å². The van der Waals surface area contributed by atoms with Crippen LogP contribution in [0.15, 0.2) is 72.8 Å².